The number of alkyl halides is 3. The van der Waals surface area contributed by atoms with Crippen molar-refractivity contribution in [3.05, 3.63) is 58.2 Å². The van der Waals surface area contributed by atoms with Crippen LogP contribution in [0.2, 0.25) is 5.02 Å². The molecular formula is C20H19ClF5N3O2. The van der Waals surface area contributed by atoms with Gasteiger partial charge in [0.25, 0.3) is 0 Å². The van der Waals surface area contributed by atoms with Crippen molar-refractivity contribution in [2.24, 2.45) is 0 Å². The van der Waals surface area contributed by atoms with Crippen molar-refractivity contribution >= 4 is 23.3 Å². The lowest BCUT2D eigenvalue weighted by Crippen LogP contribution is -2.39. The molecule has 11 heteroatoms. The Morgan fingerprint density at radius 1 is 1.23 bits per heavy atom. The fourth-order valence-electron chi connectivity index (χ4n) is 3.24. The van der Waals surface area contributed by atoms with Crippen LogP contribution in [0.5, 0.6) is 0 Å². The van der Waals surface area contributed by atoms with Crippen LogP contribution in [0.15, 0.2) is 30.3 Å². The van der Waals surface area contributed by atoms with E-state index in [9.17, 15) is 31.9 Å². The molecule has 1 aromatic heterocycles. The van der Waals surface area contributed by atoms with Crippen LogP contribution in [0, 0.1) is 11.6 Å². The second-order valence-electron chi connectivity index (χ2n) is 7.73. The Morgan fingerprint density at radius 3 is 2.48 bits per heavy atom. The molecule has 1 amide bonds. The van der Waals surface area contributed by atoms with E-state index in [1.165, 1.54) is 19.1 Å². The third-order valence-corrected chi connectivity index (χ3v) is 5.11. The number of hydrogen-bond acceptors (Lipinski definition) is 4. The van der Waals surface area contributed by atoms with Gasteiger partial charge in [-0.15, -0.1) is 0 Å². The predicted octanol–water partition coefficient (Wildman–Crippen LogP) is 4.39. The van der Waals surface area contributed by atoms with Crippen LogP contribution in [0.1, 0.15) is 37.4 Å². The van der Waals surface area contributed by atoms with Crippen LogP contribution in [0.25, 0.3) is 0 Å². The third-order valence-electron chi connectivity index (χ3n) is 4.90. The molecule has 31 heavy (non-hydrogen) atoms. The van der Waals surface area contributed by atoms with E-state index in [0.717, 1.165) is 12.1 Å². The smallest absolute Gasteiger partial charge is 0.385 e. The average molecular weight is 464 g/mol. The van der Waals surface area contributed by atoms with Gasteiger partial charge in [0.15, 0.2) is 0 Å². The van der Waals surface area contributed by atoms with Crippen LogP contribution >= 0.6 is 11.6 Å². The summed E-state index contributed by atoms with van der Waals surface area (Å²) in [4.78, 5) is 16.7. The van der Waals surface area contributed by atoms with E-state index in [2.05, 4.69) is 15.6 Å². The number of carbonyl (C=O) groups excluding carboxylic acids is 1. The first-order chi connectivity index (χ1) is 14.3. The summed E-state index contributed by atoms with van der Waals surface area (Å²) in [5.74, 6) is -2.55. The maximum atomic E-state index is 14.0. The molecule has 2 aromatic rings. The van der Waals surface area contributed by atoms with Gasteiger partial charge in [0.05, 0.1) is 23.3 Å². The first kappa shape index (κ1) is 23.2. The number of anilines is 1. The molecule has 0 radical (unpaired) electrons. The molecule has 0 saturated heterocycles. The molecule has 1 heterocycles. The Kier molecular flexibility index (Phi) is 6.16. The Hall–Kier alpha value is -2.46. The lowest BCUT2D eigenvalue weighted by molar-refractivity contribution is -0.127. The van der Waals surface area contributed by atoms with Crippen molar-refractivity contribution in [3.63, 3.8) is 0 Å². The number of aliphatic hydroxyl groups is 1. The van der Waals surface area contributed by atoms with Gasteiger partial charge >= 0.3 is 6.18 Å². The third kappa shape index (κ3) is 5.82. The Morgan fingerprint density at radius 2 is 1.90 bits per heavy atom. The highest BCUT2D eigenvalue weighted by atomic mass is 35.5. The van der Waals surface area contributed by atoms with E-state index in [1.807, 2.05) is 0 Å². The summed E-state index contributed by atoms with van der Waals surface area (Å²) < 4.78 is 64.5. The van der Waals surface area contributed by atoms with Gasteiger partial charge in [0, 0.05) is 16.7 Å². The van der Waals surface area contributed by atoms with Gasteiger partial charge in [-0.2, -0.15) is 13.2 Å². The number of pyridine rings is 1. The number of carbonyl (C=O) groups is 1. The number of nitrogens with zero attached hydrogens (tertiary/aromatic N) is 1. The normalized spacial score (nSPS) is 17.0. The number of amides is 1. The van der Waals surface area contributed by atoms with Gasteiger partial charge in [0.2, 0.25) is 5.91 Å². The maximum absolute atomic E-state index is 14.0. The van der Waals surface area contributed by atoms with Crippen molar-refractivity contribution in [3.8, 4) is 0 Å². The van der Waals surface area contributed by atoms with Crippen molar-refractivity contribution in [2.45, 2.75) is 43.5 Å². The van der Waals surface area contributed by atoms with Crippen LogP contribution in [0.3, 0.4) is 0 Å². The highest BCUT2D eigenvalue weighted by Crippen LogP contribution is 2.46. The highest BCUT2D eigenvalue weighted by molar-refractivity contribution is 6.30. The fourth-order valence-corrected chi connectivity index (χ4v) is 3.45. The molecule has 1 aromatic carbocycles. The van der Waals surface area contributed by atoms with Crippen molar-refractivity contribution in [2.75, 3.05) is 11.9 Å². The lowest BCUT2D eigenvalue weighted by atomic mass is 9.91. The van der Waals surface area contributed by atoms with Gasteiger partial charge in [-0.25, -0.2) is 13.8 Å². The van der Waals surface area contributed by atoms with E-state index in [0.29, 0.717) is 18.9 Å². The zero-order chi connectivity index (χ0) is 23.0. The van der Waals surface area contributed by atoms with Crippen LogP contribution < -0.4 is 10.6 Å². The number of rotatable bonds is 7. The minimum atomic E-state index is -4.45. The number of aromatic nitrogens is 1. The molecule has 1 aliphatic rings. The largest absolute Gasteiger partial charge is 0.405 e. The maximum Gasteiger partial charge on any atom is 0.405 e. The van der Waals surface area contributed by atoms with Crippen molar-refractivity contribution in [1.82, 2.24) is 10.3 Å². The standard InChI is InChI=1S/C20H19ClF5N3O2/c1-18(31,13-3-2-12(22)8-14(13)23)9-17(30)29-19(4-5-19)15-6-11(21)7-16(28-15)27-10-20(24,25)26/h2-3,6-8,31H,4-5,9-10H2,1H3,(H,27,28)(H,29,30)/t18-/m0/s1. The molecule has 3 N–H and O–H groups in total. The molecule has 0 spiro atoms. The molecule has 0 bridgehead atoms. The molecule has 3 rings (SSSR count). The summed E-state index contributed by atoms with van der Waals surface area (Å²) in [6.45, 7) is -0.0789. The first-order valence-electron chi connectivity index (χ1n) is 9.27. The zero-order valence-corrected chi connectivity index (χ0v) is 17.0. The lowest BCUT2D eigenvalue weighted by Gasteiger charge is -2.26. The van der Waals surface area contributed by atoms with E-state index < -0.39 is 47.8 Å². The second kappa shape index (κ2) is 8.23. The zero-order valence-electron chi connectivity index (χ0n) is 16.3. The van der Waals surface area contributed by atoms with Crippen LogP contribution in [-0.4, -0.2) is 28.7 Å². The van der Waals surface area contributed by atoms with Gasteiger partial charge in [-0.05, 0) is 38.0 Å². The molecule has 5 nitrogen and oxygen atoms in total. The Labute approximate surface area is 179 Å². The van der Waals surface area contributed by atoms with Crippen molar-refractivity contribution in [1.29, 1.82) is 0 Å². The monoisotopic (exact) mass is 463 g/mol. The summed E-state index contributed by atoms with van der Waals surface area (Å²) in [6.07, 6.45) is -4.07. The van der Waals surface area contributed by atoms with Gasteiger partial charge < -0.3 is 15.7 Å². The topological polar surface area (TPSA) is 74.2 Å². The molecular weight excluding hydrogens is 445 g/mol. The van der Waals surface area contributed by atoms with Crippen LogP contribution in [-0.2, 0) is 15.9 Å². The summed E-state index contributed by atoms with van der Waals surface area (Å²) in [7, 11) is 0. The van der Waals surface area contributed by atoms with Gasteiger partial charge in [-0.1, -0.05) is 17.7 Å². The van der Waals surface area contributed by atoms with E-state index in [4.69, 9.17) is 11.6 Å². The first-order valence-corrected chi connectivity index (χ1v) is 9.65. The molecule has 1 aliphatic carbocycles. The number of nitrogens with one attached hydrogen (secondary N) is 2. The summed E-state index contributed by atoms with van der Waals surface area (Å²) in [5.41, 5.74) is -2.84. The molecule has 0 aliphatic heterocycles. The highest BCUT2D eigenvalue weighted by Gasteiger charge is 2.48. The Balaban J connectivity index is 1.73. The minimum absolute atomic E-state index is 0.0965. The van der Waals surface area contributed by atoms with Gasteiger partial charge in [0.1, 0.15) is 24.0 Å². The fraction of sp³-hybridized carbons (Fsp3) is 0.400. The molecule has 0 unspecified atom stereocenters. The van der Waals surface area contributed by atoms with E-state index in [-0.39, 0.29) is 22.1 Å². The molecule has 1 fully saturated rings. The quantitative estimate of drug-likeness (QED) is 0.532. The summed E-state index contributed by atoms with van der Waals surface area (Å²) in [6, 6.07) is 5.30. The minimum Gasteiger partial charge on any atom is -0.385 e. The number of benzene rings is 1. The van der Waals surface area contributed by atoms with E-state index in [1.54, 1.807) is 0 Å². The molecule has 168 valence electrons. The summed E-state index contributed by atoms with van der Waals surface area (Å²) >= 11 is 6.00. The molecule has 1 atom stereocenters. The SMILES string of the molecule is C[C@](O)(CC(=O)NC1(c2cc(Cl)cc(NCC(F)(F)F)n2)CC1)c1ccc(F)cc1F. The van der Waals surface area contributed by atoms with Crippen molar-refractivity contribution < 1.29 is 31.9 Å². The average Bonchev–Trinajstić information content (AvgIpc) is 3.38. The Bertz CT molecular complexity index is 993. The second-order valence-corrected chi connectivity index (χ2v) is 8.17. The predicted molar refractivity (Wildman–Crippen MR) is 103 cm³/mol. The van der Waals surface area contributed by atoms with Crippen LogP contribution in [0.4, 0.5) is 27.8 Å². The summed E-state index contributed by atoms with van der Waals surface area (Å²) in [5, 5.41) is 15.6. The number of hydrogen-bond donors (Lipinski definition) is 3. The number of halogens is 6. The van der Waals surface area contributed by atoms with E-state index >= 15 is 0 Å². The molecule has 1 saturated carbocycles. The van der Waals surface area contributed by atoms with Gasteiger partial charge in [-0.3, -0.25) is 4.79 Å².